The summed E-state index contributed by atoms with van der Waals surface area (Å²) in [5, 5.41) is 0. The average Bonchev–Trinajstić information content (AvgIpc) is 2.72. The summed E-state index contributed by atoms with van der Waals surface area (Å²) < 4.78 is 2.34. The number of imidazole rings is 1. The van der Waals surface area contributed by atoms with Gasteiger partial charge in [-0.05, 0) is 38.6 Å². The van der Waals surface area contributed by atoms with Crippen molar-refractivity contribution >= 4 is 11.0 Å². The third-order valence-electron chi connectivity index (χ3n) is 3.47. The van der Waals surface area contributed by atoms with E-state index in [-0.39, 0.29) is 0 Å². The molecule has 1 aliphatic rings. The molecule has 3 heteroatoms. The number of piperidine rings is 1. The molecule has 2 aromatic rings. The molecule has 1 saturated heterocycles. The maximum absolute atomic E-state index is 4.46. The van der Waals surface area contributed by atoms with Gasteiger partial charge in [-0.15, -0.1) is 0 Å². The number of benzene rings is 1. The third-order valence-corrected chi connectivity index (χ3v) is 3.47. The van der Waals surface area contributed by atoms with Crippen LogP contribution in [0.25, 0.3) is 11.0 Å². The molecule has 16 heavy (non-hydrogen) atoms. The molecule has 0 N–H and O–H groups in total. The van der Waals surface area contributed by atoms with E-state index in [0.29, 0.717) is 6.04 Å². The van der Waals surface area contributed by atoms with E-state index < -0.39 is 0 Å². The Morgan fingerprint density at radius 1 is 1.31 bits per heavy atom. The Hall–Kier alpha value is -1.35. The molecular weight excluding hydrogens is 198 g/mol. The van der Waals surface area contributed by atoms with Crippen molar-refractivity contribution in [2.75, 3.05) is 20.1 Å². The van der Waals surface area contributed by atoms with Gasteiger partial charge in [0.25, 0.3) is 0 Å². The Bertz CT molecular complexity index is 489. The minimum Gasteiger partial charge on any atom is -0.326 e. The highest BCUT2D eigenvalue weighted by Gasteiger charge is 2.19. The Morgan fingerprint density at radius 2 is 2.19 bits per heavy atom. The maximum Gasteiger partial charge on any atom is 0.0961 e. The Kier molecular flexibility index (Phi) is 2.40. The summed E-state index contributed by atoms with van der Waals surface area (Å²) in [5.74, 6) is 0. The van der Waals surface area contributed by atoms with Gasteiger partial charge in [-0.2, -0.15) is 0 Å². The highest BCUT2D eigenvalue weighted by Crippen LogP contribution is 2.24. The Labute approximate surface area is 95.7 Å². The summed E-state index contributed by atoms with van der Waals surface area (Å²) in [6.07, 6.45) is 4.55. The monoisotopic (exact) mass is 215 g/mol. The van der Waals surface area contributed by atoms with Crippen LogP contribution in [0.3, 0.4) is 0 Å². The van der Waals surface area contributed by atoms with E-state index in [9.17, 15) is 0 Å². The largest absolute Gasteiger partial charge is 0.326 e. The van der Waals surface area contributed by atoms with Crippen molar-refractivity contribution in [2.45, 2.75) is 18.9 Å². The van der Waals surface area contributed by atoms with Crippen LogP contribution in [0, 0.1) is 0 Å². The Balaban J connectivity index is 1.99. The second-order valence-electron chi connectivity index (χ2n) is 4.70. The molecule has 3 rings (SSSR count). The zero-order chi connectivity index (χ0) is 11.0. The summed E-state index contributed by atoms with van der Waals surface area (Å²) in [4.78, 5) is 6.87. The summed E-state index contributed by atoms with van der Waals surface area (Å²) in [6, 6.07) is 8.97. The van der Waals surface area contributed by atoms with Crippen molar-refractivity contribution in [2.24, 2.45) is 0 Å². The van der Waals surface area contributed by atoms with Crippen LogP contribution < -0.4 is 0 Å². The van der Waals surface area contributed by atoms with Gasteiger partial charge >= 0.3 is 0 Å². The van der Waals surface area contributed by atoms with Crippen molar-refractivity contribution in [3.63, 3.8) is 0 Å². The third kappa shape index (κ3) is 1.61. The van der Waals surface area contributed by atoms with Crippen LogP contribution in [0.15, 0.2) is 30.6 Å². The predicted molar refractivity (Wildman–Crippen MR) is 65.5 cm³/mol. The molecule has 1 unspecified atom stereocenters. The minimum atomic E-state index is 0.589. The van der Waals surface area contributed by atoms with Crippen molar-refractivity contribution in [3.8, 4) is 0 Å². The molecule has 1 aliphatic heterocycles. The molecular formula is C13H17N3. The van der Waals surface area contributed by atoms with Crippen LogP contribution in [-0.4, -0.2) is 34.6 Å². The lowest BCUT2D eigenvalue weighted by Crippen LogP contribution is -2.33. The van der Waals surface area contributed by atoms with E-state index in [1.54, 1.807) is 0 Å². The van der Waals surface area contributed by atoms with E-state index in [1.165, 1.54) is 24.9 Å². The normalized spacial score (nSPS) is 22.7. The fourth-order valence-corrected chi connectivity index (χ4v) is 2.64. The fraction of sp³-hybridized carbons (Fsp3) is 0.462. The quantitative estimate of drug-likeness (QED) is 0.728. The lowest BCUT2D eigenvalue weighted by Gasteiger charge is -2.30. The van der Waals surface area contributed by atoms with E-state index >= 15 is 0 Å². The Morgan fingerprint density at radius 3 is 3.06 bits per heavy atom. The van der Waals surface area contributed by atoms with Gasteiger partial charge in [0.05, 0.1) is 17.4 Å². The van der Waals surface area contributed by atoms with E-state index in [4.69, 9.17) is 0 Å². The first-order valence-electron chi connectivity index (χ1n) is 5.95. The first-order chi connectivity index (χ1) is 7.84. The van der Waals surface area contributed by atoms with Gasteiger partial charge in [0.15, 0.2) is 0 Å². The van der Waals surface area contributed by atoms with E-state index in [2.05, 4.69) is 39.7 Å². The second kappa shape index (κ2) is 3.91. The first kappa shape index (κ1) is 9.85. The zero-order valence-electron chi connectivity index (χ0n) is 9.63. The summed E-state index contributed by atoms with van der Waals surface area (Å²) in [7, 11) is 2.20. The number of likely N-dealkylation sites (tertiary alicyclic amines) is 1. The summed E-state index contributed by atoms with van der Waals surface area (Å²) >= 11 is 0. The number of fused-ring (bicyclic) bond motifs is 1. The van der Waals surface area contributed by atoms with Crippen LogP contribution in [0.2, 0.25) is 0 Å². The highest BCUT2D eigenvalue weighted by atomic mass is 15.2. The zero-order valence-corrected chi connectivity index (χ0v) is 9.63. The number of hydrogen-bond acceptors (Lipinski definition) is 2. The standard InChI is InChI=1S/C13H17N3/c1-15-8-4-5-11(9-15)16-10-14-12-6-2-3-7-13(12)16/h2-3,6-7,10-11H,4-5,8-9H2,1H3. The molecule has 0 saturated carbocycles. The first-order valence-corrected chi connectivity index (χ1v) is 5.95. The van der Waals surface area contributed by atoms with Crippen molar-refractivity contribution < 1.29 is 0 Å². The number of para-hydroxylation sites is 2. The molecule has 1 aromatic carbocycles. The average molecular weight is 215 g/mol. The lowest BCUT2D eigenvalue weighted by molar-refractivity contribution is 0.214. The molecule has 2 heterocycles. The van der Waals surface area contributed by atoms with Crippen LogP contribution in [0.5, 0.6) is 0 Å². The number of likely N-dealkylation sites (N-methyl/N-ethyl adjacent to an activating group) is 1. The summed E-state index contributed by atoms with van der Waals surface area (Å²) in [6.45, 7) is 2.36. The van der Waals surface area contributed by atoms with Gasteiger partial charge in [0.1, 0.15) is 0 Å². The SMILES string of the molecule is CN1CCCC(n2cnc3ccccc32)C1. The van der Waals surface area contributed by atoms with Gasteiger partial charge in [0, 0.05) is 12.6 Å². The topological polar surface area (TPSA) is 21.1 Å². The van der Waals surface area contributed by atoms with Crippen LogP contribution in [-0.2, 0) is 0 Å². The number of hydrogen-bond donors (Lipinski definition) is 0. The lowest BCUT2D eigenvalue weighted by atomic mass is 10.1. The number of rotatable bonds is 1. The molecule has 1 aromatic heterocycles. The molecule has 0 spiro atoms. The fourth-order valence-electron chi connectivity index (χ4n) is 2.64. The van der Waals surface area contributed by atoms with Crippen molar-refractivity contribution in [1.82, 2.24) is 14.5 Å². The molecule has 84 valence electrons. The second-order valence-corrected chi connectivity index (χ2v) is 4.70. The number of aromatic nitrogens is 2. The van der Waals surface area contributed by atoms with Gasteiger partial charge in [-0.3, -0.25) is 0 Å². The number of nitrogens with zero attached hydrogens (tertiary/aromatic N) is 3. The van der Waals surface area contributed by atoms with Gasteiger partial charge < -0.3 is 9.47 Å². The van der Waals surface area contributed by atoms with Crippen LogP contribution in [0.4, 0.5) is 0 Å². The van der Waals surface area contributed by atoms with Crippen LogP contribution >= 0.6 is 0 Å². The highest BCUT2D eigenvalue weighted by molar-refractivity contribution is 5.75. The van der Waals surface area contributed by atoms with E-state index in [1.807, 2.05) is 12.4 Å². The smallest absolute Gasteiger partial charge is 0.0961 e. The van der Waals surface area contributed by atoms with Gasteiger partial charge in [0.2, 0.25) is 0 Å². The molecule has 0 radical (unpaired) electrons. The molecule has 3 nitrogen and oxygen atoms in total. The molecule has 1 fully saturated rings. The molecule has 0 amide bonds. The van der Waals surface area contributed by atoms with Crippen molar-refractivity contribution in [1.29, 1.82) is 0 Å². The molecule has 0 bridgehead atoms. The van der Waals surface area contributed by atoms with Gasteiger partial charge in [-0.25, -0.2) is 4.98 Å². The van der Waals surface area contributed by atoms with E-state index in [0.717, 1.165) is 12.1 Å². The molecule has 0 aliphatic carbocycles. The van der Waals surface area contributed by atoms with Crippen molar-refractivity contribution in [3.05, 3.63) is 30.6 Å². The minimum absolute atomic E-state index is 0.589. The predicted octanol–water partition coefficient (Wildman–Crippen LogP) is 2.30. The maximum atomic E-state index is 4.46. The molecule has 1 atom stereocenters. The van der Waals surface area contributed by atoms with Gasteiger partial charge in [-0.1, -0.05) is 12.1 Å². The van der Waals surface area contributed by atoms with Crippen LogP contribution in [0.1, 0.15) is 18.9 Å². The summed E-state index contributed by atoms with van der Waals surface area (Å²) in [5.41, 5.74) is 2.37.